The van der Waals surface area contributed by atoms with Crippen LogP contribution in [0.15, 0.2) is 24.3 Å². The number of halogens is 4. The second-order valence-corrected chi connectivity index (χ2v) is 3.79. The average Bonchev–Trinajstić information content (AvgIpc) is 2.29. The van der Waals surface area contributed by atoms with E-state index in [1.54, 1.807) is 6.07 Å². The number of piperazine rings is 1. The molecule has 2 rings (SSSR count). The van der Waals surface area contributed by atoms with E-state index in [-0.39, 0.29) is 12.4 Å². The van der Waals surface area contributed by atoms with E-state index >= 15 is 0 Å². The Morgan fingerprint density at radius 2 is 1.76 bits per heavy atom. The van der Waals surface area contributed by atoms with Crippen LogP contribution in [0.2, 0.25) is 0 Å². The average molecular weight is 266 g/mol. The molecule has 2 nitrogen and oxygen atoms in total. The van der Waals surface area contributed by atoms with Crippen LogP contribution in [-0.2, 0) is 6.18 Å². The minimum Gasteiger partial charge on any atom is -1.00 e. The van der Waals surface area contributed by atoms with Crippen LogP contribution in [-0.4, -0.2) is 26.2 Å². The molecule has 0 atom stereocenters. The van der Waals surface area contributed by atoms with E-state index < -0.39 is 11.7 Å². The van der Waals surface area contributed by atoms with Gasteiger partial charge in [0.15, 0.2) is 0 Å². The van der Waals surface area contributed by atoms with E-state index in [1.807, 2.05) is 4.90 Å². The quantitative estimate of drug-likeness (QED) is 0.710. The standard InChI is InChI=1S/C11H13F3N2.ClH/c12-11(13,14)9-2-1-3-10(8-9)16-6-4-15-5-7-16;/h1-3,8,15H,4-7H2;1H/p-1. The molecule has 0 aliphatic carbocycles. The van der Waals surface area contributed by atoms with Crippen molar-refractivity contribution in [1.82, 2.24) is 5.32 Å². The lowest BCUT2D eigenvalue weighted by atomic mass is 10.1. The van der Waals surface area contributed by atoms with Gasteiger partial charge in [0.2, 0.25) is 0 Å². The number of hydrogen-bond donors (Lipinski definition) is 1. The van der Waals surface area contributed by atoms with Gasteiger partial charge in [0.05, 0.1) is 5.56 Å². The zero-order valence-corrected chi connectivity index (χ0v) is 9.85. The minimum absolute atomic E-state index is 0. The van der Waals surface area contributed by atoms with Crippen LogP contribution < -0.4 is 22.6 Å². The second-order valence-electron chi connectivity index (χ2n) is 3.79. The molecule has 0 saturated carbocycles. The smallest absolute Gasteiger partial charge is 0.416 e. The maximum Gasteiger partial charge on any atom is 0.416 e. The van der Waals surface area contributed by atoms with Crippen molar-refractivity contribution in [1.29, 1.82) is 0 Å². The van der Waals surface area contributed by atoms with Crippen molar-refractivity contribution in [3.63, 3.8) is 0 Å². The lowest BCUT2D eigenvalue weighted by Crippen LogP contribution is -3.00. The number of alkyl halides is 3. The molecule has 0 bridgehead atoms. The van der Waals surface area contributed by atoms with Gasteiger partial charge >= 0.3 is 6.18 Å². The third-order valence-corrected chi connectivity index (χ3v) is 2.66. The highest BCUT2D eigenvalue weighted by atomic mass is 35.5. The van der Waals surface area contributed by atoms with Crippen LogP contribution in [0.1, 0.15) is 5.56 Å². The molecular weight excluding hydrogens is 253 g/mol. The normalized spacial score (nSPS) is 16.5. The number of hydrogen-bond acceptors (Lipinski definition) is 2. The summed E-state index contributed by atoms with van der Waals surface area (Å²) in [4.78, 5) is 1.96. The van der Waals surface area contributed by atoms with Crippen LogP contribution in [0.4, 0.5) is 18.9 Å². The van der Waals surface area contributed by atoms with Crippen molar-refractivity contribution in [2.75, 3.05) is 31.1 Å². The zero-order chi connectivity index (χ0) is 11.6. The first-order valence-corrected chi connectivity index (χ1v) is 5.20. The Bertz CT molecular complexity index is 362. The van der Waals surface area contributed by atoms with Gasteiger partial charge in [0.25, 0.3) is 0 Å². The molecule has 1 N–H and O–H groups in total. The van der Waals surface area contributed by atoms with E-state index in [0.717, 1.165) is 32.2 Å². The molecule has 1 aliphatic rings. The van der Waals surface area contributed by atoms with Gasteiger partial charge in [0, 0.05) is 31.9 Å². The van der Waals surface area contributed by atoms with Gasteiger partial charge in [-0.15, -0.1) is 0 Å². The summed E-state index contributed by atoms with van der Waals surface area (Å²) in [5.74, 6) is 0. The summed E-state index contributed by atoms with van der Waals surface area (Å²) in [7, 11) is 0. The first kappa shape index (κ1) is 14.1. The largest absolute Gasteiger partial charge is 1.00 e. The van der Waals surface area contributed by atoms with Gasteiger partial charge in [-0.25, -0.2) is 0 Å². The Labute approximate surface area is 104 Å². The highest BCUT2D eigenvalue weighted by Crippen LogP contribution is 2.31. The fourth-order valence-corrected chi connectivity index (χ4v) is 1.80. The Morgan fingerprint density at radius 3 is 2.35 bits per heavy atom. The molecule has 1 aromatic rings. The molecule has 6 heteroatoms. The van der Waals surface area contributed by atoms with Crippen LogP contribution >= 0.6 is 0 Å². The van der Waals surface area contributed by atoms with Gasteiger partial charge in [-0.3, -0.25) is 0 Å². The van der Waals surface area contributed by atoms with E-state index in [2.05, 4.69) is 5.32 Å². The highest BCUT2D eigenvalue weighted by Gasteiger charge is 2.30. The molecule has 1 fully saturated rings. The first-order valence-electron chi connectivity index (χ1n) is 5.20. The number of benzene rings is 1. The lowest BCUT2D eigenvalue weighted by Gasteiger charge is -2.29. The second kappa shape index (κ2) is 5.60. The Balaban J connectivity index is 0.00000144. The summed E-state index contributed by atoms with van der Waals surface area (Å²) in [6, 6.07) is 5.50. The molecule has 0 radical (unpaired) electrons. The van der Waals surface area contributed by atoms with Gasteiger partial charge in [-0.1, -0.05) is 6.07 Å². The lowest BCUT2D eigenvalue weighted by molar-refractivity contribution is -0.137. The maximum absolute atomic E-state index is 12.5. The van der Waals surface area contributed by atoms with Crippen molar-refractivity contribution in [3.05, 3.63) is 29.8 Å². The van der Waals surface area contributed by atoms with E-state index in [4.69, 9.17) is 0 Å². The molecule has 96 valence electrons. The molecule has 1 aliphatic heterocycles. The summed E-state index contributed by atoms with van der Waals surface area (Å²) in [5.41, 5.74) is 0.0693. The molecule has 1 heterocycles. The molecular formula is C11H13ClF3N2-. The van der Waals surface area contributed by atoms with Crippen molar-refractivity contribution >= 4 is 5.69 Å². The molecule has 1 saturated heterocycles. The Morgan fingerprint density at radius 1 is 1.12 bits per heavy atom. The summed E-state index contributed by atoms with van der Waals surface area (Å²) in [6.07, 6.45) is -4.26. The van der Waals surface area contributed by atoms with Crippen molar-refractivity contribution in [2.24, 2.45) is 0 Å². The van der Waals surface area contributed by atoms with Gasteiger partial charge in [0.1, 0.15) is 0 Å². The molecule has 17 heavy (non-hydrogen) atoms. The Hall–Kier alpha value is -0.940. The fourth-order valence-electron chi connectivity index (χ4n) is 1.80. The number of nitrogens with zero attached hydrogens (tertiary/aromatic N) is 1. The number of nitrogens with one attached hydrogen (secondary N) is 1. The summed E-state index contributed by atoms with van der Waals surface area (Å²) >= 11 is 0. The minimum atomic E-state index is -4.26. The predicted octanol–water partition coefficient (Wildman–Crippen LogP) is -0.881. The van der Waals surface area contributed by atoms with Crippen molar-refractivity contribution < 1.29 is 25.6 Å². The van der Waals surface area contributed by atoms with Crippen LogP contribution in [0.5, 0.6) is 0 Å². The van der Waals surface area contributed by atoms with Gasteiger partial charge in [-0.2, -0.15) is 13.2 Å². The van der Waals surface area contributed by atoms with Gasteiger partial charge < -0.3 is 22.6 Å². The first-order chi connectivity index (χ1) is 7.57. The maximum atomic E-state index is 12.5. The number of rotatable bonds is 1. The summed E-state index contributed by atoms with van der Waals surface area (Å²) < 4.78 is 37.5. The van der Waals surface area contributed by atoms with Crippen LogP contribution in [0, 0.1) is 0 Å². The van der Waals surface area contributed by atoms with E-state index in [0.29, 0.717) is 5.69 Å². The molecule has 0 aromatic heterocycles. The van der Waals surface area contributed by atoms with Crippen LogP contribution in [0.3, 0.4) is 0 Å². The third kappa shape index (κ3) is 3.51. The number of anilines is 1. The van der Waals surface area contributed by atoms with E-state index in [1.165, 1.54) is 12.1 Å². The summed E-state index contributed by atoms with van der Waals surface area (Å²) in [6.45, 7) is 3.13. The van der Waals surface area contributed by atoms with Crippen molar-refractivity contribution in [3.8, 4) is 0 Å². The third-order valence-electron chi connectivity index (χ3n) is 2.66. The molecule has 1 aromatic carbocycles. The fraction of sp³-hybridized carbons (Fsp3) is 0.455. The SMILES string of the molecule is FC(F)(F)c1cccc(N2CCNCC2)c1.[Cl-]. The summed E-state index contributed by atoms with van der Waals surface area (Å²) in [5, 5.41) is 3.17. The predicted molar refractivity (Wildman–Crippen MR) is 56.5 cm³/mol. The molecule has 0 unspecified atom stereocenters. The molecule has 0 amide bonds. The molecule has 0 spiro atoms. The van der Waals surface area contributed by atoms with Gasteiger partial charge in [-0.05, 0) is 18.2 Å². The monoisotopic (exact) mass is 265 g/mol. The Kier molecular flexibility index (Phi) is 4.65. The van der Waals surface area contributed by atoms with Crippen LogP contribution in [0.25, 0.3) is 0 Å². The zero-order valence-electron chi connectivity index (χ0n) is 9.10. The van der Waals surface area contributed by atoms with Crippen molar-refractivity contribution in [2.45, 2.75) is 6.18 Å². The highest BCUT2D eigenvalue weighted by molar-refractivity contribution is 5.49. The van der Waals surface area contributed by atoms with E-state index in [9.17, 15) is 13.2 Å². The topological polar surface area (TPSA) is 15.3 Å².